The van der Waals surface area contributed by atoms with Crippen molar-refractivity contribution in [2.45, 2.75) is 49.1 Å². The van der Waals surface area contributed by atoms with Crippen LogP contribution in [0.3, 0.4) is 0 Å². The van der Waals surface area contributed by atoms with Gasteiger partial charge in [-0.2, -0.15) is 5.10 Å². The van der Waals surface area contributed by atoms with E-state index in [1.165, 1.54) is 3.97 Å². The van der Waals surface area contributed by atoms with Crippen LogP contribution in [0.2, 0.25) is 0 Å². The van der Waals surface area contributed by atoms with Crippen LogP contribution in [0.4, 0.5) is 5.82 Å². The first-order valence-corrected chi connectivity index (χ1v) is 17.2. The zero-order valence-electron chi connectivity index (χ0n) is 25.3. The maximum atomic E-state index is 13.8. The molecule has 1 saturated carbocycles. The minimum atomic E-state index is -3.92. The Morgan fingerprint density at radius 2 is 1.76 bits per heavy atom. The molecule has 0 radical (unpaired) electrons. The molecule has 0 bridgehead atoms. The summed E-state index contributed by atoms with van der Waals surface area (Å²) >= 11 is 0. The molecule has 1 aromatic carbocycles. The van der Waals surface area contributed by atoms with Crippen LogP contribution in [-0.4, -0.2) is 87.0 Å². The third-order valence-electron chi connectivity index (χ3n) is 9.48. The molecule has 5 aromatic rings. The highest BCUT2D eigenvalue weighted by molar-refractivity contribution is 7.90. The Kier molecular flexibility index (Phi) is 6.95. The van der Waals surface area contributed by atoms with Crippen LogP contribution in [0.5, 0.6) is 0 Å². The number of morpholine rings is 1. The van der Waals surface area contributed by atoms with E-state index in [0.29, 0.717) is 29.4 Å². The number of ether oxygens (including phenoxy) is 1. The Hall–Kier alpha value is -4.13. The summed E-state index contributed by atoms with van der Waals surface area (Å²) < 4.78 is 36.9. The molecule has 45 heavy (non-hydrogen) atoms. The second kappa shape index (κ2) is 11.0. The standard InChI is InChI=1S/C33H36N8O3S/c1-2-38-14-10-26(11-15-38)40-21-25(19-36-40)28-22-41(45(42,43)27-6-4-3-5-7-27)32-31(28)37-29(20-35-32)24-8-9-30(34-18-24)39-16-17-44-33(23-39)12-13-33/h3-9,18-22,26H,2,10-17,23H2,1H3. The lowest BCUT2D eigenvalue weighted by molar-refractivity contribution is 0.0204. The van der Waals surface area contributed by atoms with Crippen molar-refractivity contribution in [2.24, 2.45) is 0 Å². The van der Waals surface area contributed by atoms with E-state index in [-0.39, 0.29) is 16.1 Å². The smallest absolute Gasteiger partial charge is 0.269 e. The van der Waals surface area contributed by atoms with Crippen LogP contribution in [0.15, 0.2) is 78.3 Å². The highest BCUT2D eigenvalue weighted by Crippen LogP contribution is 2.42. The third-order valence-corrected chi connectivity index (χ3v) is 11.1. The van der Waals surface area contributed by atoms with Gasteiger partial charge in [0.25, 0.3) is 10.0 Å². The lowest BCUT2D eigenvalue weighted by atomic mass is 10.1. The second-order valence-electron chi connectivity index (χ2n) is 12.3. The van der Waals surface area contributed by atoms with E-state index in [4.69, 9.17) is 19.8 Å². The predicted molar refractivity (Wildman–Crippen MR) is 172 cm³/mol. The summed E-state index contributed by atoms with van der Waals surface area (Å²) in [6, 6.07) is 12.7. The molecule has 2 saturated heterocycles. The Balaban J connectivity index is 1.17. The fourth-order valence-electron chi connectivity index (χ4n) is 6.59. The molecule has 0 unspecified atom stereocenters. The van der Waals surface area contributed by atoms with E-state index in [1.54, 1.807) is 48.9 Å². The number of aromatic nitrogens is 6. The molecule has 0 amide bonds. The summed E-state index contributed by atoms with van der Waals surface area (Å²) in [7, 11) is -3.92. The minimum Gasteiger partial charge on any atom is -0.371 e. The van der Waals surface area contributed by atoms with E-state index in [9.17, 15) is 8.42 Å². The Morgan fingerprint density at radius 1 is 0.933 bits per heavy atom. The van der Waals surface area contributed by atoms with E-state index in [1.807, 2.05) is 29.2 Å². The lowest BCUT2D eigenvalue weighted by Crippen LogP contribution is -2.44. The molecular formula is C33H36N8O3S. The Bertz CT molecular complexity index is 1940. The summed E-state index contributed by atoms with van der Waals surface area (Å²) in [4.78, 5) is 19.4. The molecule has 2 aliphatic heterocycles. The number of benzene rings is 1. The largest absolute Gasteiger partial charge is 0.371 e. The molecule has 232 valence electrons. The zero-order chi connectivity index (χ0) is 30.6. The van der Waals surface area contributed by atoms with Gasteiger partial charge in [-0.25, -0.2) is 27.3 Å². The molecule has 0 N–H and O–H groups in total. The molecule has 1 spiro atoms. The van der Waals surface area contributed by atoms with Crippen molar-refractivity contribution < 1.29 is 13.2 Å². The molecular weight excluding hydrogens is 588 g/mol. The molecule has 3 fully saturated rings. The third kappa shape index (κ3) is 5.20. The van der Waals surface area contributed by atoms with Crippen molar-refractivity contribution in [3.05, 3.63) is 73.4 Å². The molecule has 12 heteroatoms. The number of rotatable bonds is 7. The molecule has 3 aliphatic rings. The first-order chi connectivity index (χ1) is 21.9. The number of pyridine rings is 1. The van der Waals surface area contributed by atoms with Gasteiger partial charge in [0.15, 0.2) is 5.65 Å². The van der Waals surface area contributed by atoms with Gasteiger partial charge in [-0.3, -0.25) is 4.68 Å². The monoisotopic (exact) mass is 624 g/mol. The average Bonchev–Trinajstić information content (AvgIpc) is 3.46. The van der Waals surface area contributed by atoms with Gasteiger partial charge in [-0.1, -0.05) is 25.1 Å². The van der Waals surface area contributed by atoms with Crippen LogP contribution < -0.4 is 4.90 Å². The molecule has 1 aliphatic carbocycles. The molecule has 4 aromatic heterocycles. The topological polar surface area (TPSA) is 111 Å². The van der Waals surface area contributed by atoms with Gasteiger partial charge in [0.05, 0.1) is 41.2 Å². The maximum Gasteiger partial charge on any atom is 0.269 e. The molecule has 11 nitrogen and oxygen atoms in total. The fourth-order valence-corrected chi connectivity index (χ4v) is 7.92. The number of likely N-dealkylation sites (tertiary alicyclic amines) is 1. The van der Waals surface area contributed by atoms with Crippen molar-refractivity contribution in [3.63, 3.8) is 0 Å². The van der Waals surface area contributed by atoms with Crippen LogP contribution in [-0.2, 0) is 14.8 Å². The van der Waals surface area contributed by atoms with Crippen molar-refractivity contribution in [2.75, 3.05) is 44.2 Å². The van der Waals surface area contributed by atoms with Crippen LogP contribution in [0.1, 0.15) is 38.6 Å². The fraction of sp³-hybridized carbons (Fsp3) is 0.394. The number of piperidine rings is 1. The van der Waals surface area contributed by atoms with E-state index >= 15 is 0 Å². The van der Waals surface area contributed by atoms with Gasteiger partial charge in [-0.05, 0) is 56.5 Å². The van der Waals surface area contributed by atoms with Gasteiger partial charge in [0, 0.05) is 61.5 Å². The molecule has 0 atom stereocenters. The predicted octanol–water partition coefficient (Wildman–Crippen LogP) is 4.62. The SMILES string of the molecule is CCN1CCC(n2cc(-c3cn(S(=O)(=O)c4ccccc4)c4ncc(-c5ccc(N6CCOC7(CC7)C6)nc5)nc34)cn2)CC1. The van der Waals surface area contributed by atoms with E-state index in [2.05, 4.69) is 21.7 Å². The summed E-state index contributed by atoms with van der Waals surface area (Å²) in [6.45, 7) is 7.73. The van der Waals surface area contributed by atoms with E-state index < -0.39 is 10.0 Å². The molecule has 8 rings (SSSR count). The van der Waals surface area contributed by atoms with Crippen molar-refractivity contribution >= 4 is 27.0 Å². The maximum absolute atomic E-state index is 13.8. The lowest BCUT2D eigenvalue weighted by Gasteiger charge is -2.34. The van der Waals surface area contributed by atoms with E-state index in [0.717, 1.165) is 75.4 Å². The highest BCUT2D eigenvalue weighted by Gasteiger charge is 2.47. The van der Waals surface area contributed by atoms with Gasteiger partial charge < -0.3 is 14.5 Å². The number of hydrogen-bond donors (Lipinski definition) is 0. The van der Waals surface area contributed by atoms with Crippen LogP contribution >= 0.6 is 0 Å². The normalized spacial score (nSPS) is 19.0. The highest BCUT2D eigenvalue weighted by atomic mass is 32.2. The average molecular weight is 625 g/mol. The van der Waals surface area contributed by atoms with Gasteiger partial charge in [0.1, 0.15) is 11.3 Å². The summed E-state index contributed by atoms with van der Waals surface area (Å²) in [6.07, 6.45) is 13.2. The Morgan fingerprint density at radius 3 is 2.49 bits per heavy atom. The Labute approximate surface area is 262 Å². The first-order valence-electron chi connectivity index (χ1n) is 15.7. The molecule has 6 heterocycles. The van der Waals surface area contributed by atoms with Gasteiger partial charge in [0.2, 0.25) is 0 Å². The van der Waals surface area contributed by atoms with Crippen LogP contribution in [0, 0.1) is 0 Å². The number of fused-ring (bicyclic) bond motifs is 1. The van der Waals surface area contributed by atoms with Gasteiger partial charge in [-0.15, -0.1) is 0 Å². The van der Waals surface area contributed by atoms with Crippen molar-refractivity contribution in [1.29, 1.82) is 0 Å². The zero-order valence-corrected chi connectivity index (χ0v) is 26.1. The second-order valence-corrected chi connectivity index (χ2v) is 14.1. The summed E-state index contributed by atoms with van der Waals surface area (Å²) in [5.74, 6) is 0.917. The summed E-state index contributed by atoms with van der Waals surface area (Å²) in [5, 5.41) is 4.72. The number of anilines is 1. The van der Waals surface area contributed by atoms with Crippen molar-refractivity contribution in [1.82, 2.24) is 33.6 Å². The summed E-state index contributed by atoms with van der Waals surface area (Å²) in [5.41, 5.74) is 3.70. The van der Waals surface area contributed by atoms with Gasteiger partial charge >= 0.3 is 0 Å². The quantitative estimate of drug-likeness (QED) is 0.256. The number of hydrogen-bond acceptors (Lipinski definition) is 9. The van der Waals surface area contributed by atoms with Crippen LogP contribution in [0.25, 0.3) is 33.5 Å². The van der Waals surface area contributed by atoms with Crippen molar-refractivity contribution in [3.8, 4) is 22.4 Å². The number of nitrogens with zero attached hydrogens (tertiary/aromatic N) is 8. The first kappa shape index (κ1) is 28.4. The minimum absolute atomic E-state index is 0.0133.